The summed E-state index contributed by atoms with van der Waals surface area (Å²) in [6.07, 6.45) is -3.41. The van der Waals surface area contributed by atoms with Crippen molar-refractivity contribution in [3.63, 3.8) is 0 Å². The highest BCUT2D eigenvalue weighted by Gasteiger charge is 2.34. The Balaban J connectivity index is 1.87. The molecule has 0 fully saturated rings. The molecule has 0 bridgehead atoms. The Bertz CT molecular complexity index is 1270. The Morgan fingerprint density at radius 2 is 1.71 bits per heavy atom. The standard InChI is InChI=1S/C22H12F4N2O3/c23-14-6-7-15(16(10-14)21(29)30)12-3-1-4-13(9-12)20-27-17(18-5-2-8-31-18)11-19(28-20)22(24,25)26/h1-11H,(H,29,30). The molecule has 4 aromatic rings. The van der Waals surface area contributed by atoms with E-state index in [2.05, 4.69) is 9.97 Å². The van der Waals surface area contributed by atoms with Gasteiger partial charge < -0.3 is 9.52 Å². The Kier molecular flexibility index (Phi) is 5.02. The van der Waals surface area contributed by atoms with E-state index in [0.29, 0.717) is 5.56 Å². The van der Waals surface area contributed by atoms with Crippen molar-refractivity contribution in [2.75, 3.05) is 0 Å². The summed E-state index contributed by atoms with van der Waals surface area (Å²) in [5.41, 5.74) is -0.706. The van der Waals surface area contributed by atoms with E-state index in [0.717, 1.165) is 18.2 Å². The summed E-state index contributed by atoms with van der Waals surface area (Å²) in [4.78, 5) is 19.3. The third-order valence-corrected chi connectivity index (χ3v) is 4.43. The number of halogens is 4. The quantitative estimate of drug-likeness (QED) is 0.408. The largest absolute Gasteiger partial charge is 0.478 e. The molecule has 2 heterocycles. The minimum Gasteiger partial charge on any atom is -0.478 e. The predicted molar refractivity (Wildman–Crippen MR) is 103 cm³/mol. The smallest absolute Gasteiger partial charge is 0.433 e. The van der Waals surface area contributed by atoms with Gasteiger partial charge in [0.2, 0.25) is 0 Å². The highest BCUT2D eigenvalue weighted by Crippen LogP contribution is 2.33. The molecule has 0 atom stereocenters. The zero-order valence-electron chi connectivity index (χ0n) is 15.5. The maximum Gasteiger partial charge on any atom is 0.433 e. The van der Waals surface area contributed by atoms with Crippen LogP contribution in [-0.4, -0.2) is 21.0 Å². The van der Waals surface area contributed by atoms with E-state index >= 15 is 0 Å². The summed E-state index contributed by atoms with van der Waals surface area (Å²) in [5.74, 6) is -2.14. The summed E-state index contributed by atoms with van der Waals surface area (Å²) in [5, 5.41) is 9.38. The fourth-order valence-corrected chi connectivity index (χ4v) is 3.04. The van der Waals surface area contributed by atoms with Crippen LogP contribution in [0.5, 0.6) is 0 Å². The van der Waals surface area contributed by atoms with Gasteiger partial charge in [0.15, 0.2) is 11.6 Å². The Labute approximate surface area is 172 Å². The van der Waals surface area contributed by atoms with Crippen LogP contribution in [0.1, 0.15) is 16.1 Å². The van der Waals surface area contributed by atoms with Gasteiger partial charge in [0, 0.05) is 5.56 Å². The summed E-state index contributed by atoms with van der Waals surface area (Å²) in [6.45, 7) is 0. The second-order valence-corrected chi connectivity index (χ2v) is 6.51. The first-order chi connectivity index (χ1) is 14.7. The lowest BCUT2D eigenvalue weighted by molar-refractivity contribution is -0.141. The highest BCUT2D eigenvalue weighted by molar-refractivity contribution is 5.96. The van der Waals surface area contributed by atoms with Crippen LogP contribution >= 0.6 is 0 Å². The maximum absolute atomic E-state index is 13.5. The van der Waals surface area contributed by atoms with Gasteiger partial charge >= 0.3 is 12.1 Å². The van der Waals surface area contributed by atoms with E-state index in [1.165, 1.54) is 42.7 Å². The molecule has 156 valence electrons. The lowest BCUT2D eigenvalue weighted by Gasteiger charge is -2.11. The molecule has 2 aromatic carbocycles. The number of carbonyl (C=O) groups is 1. The fraction of sp³-hybridized carbons (Fsp3) is 0.0455. The number of furan rings is 1. The minimum absolute atomic E-state index is 0.0549. The Morgan fingerprint density at radius 1 is 0.935 bits per heavy atom. The van der Waals surface area contributed by atoms with Crippen LogP contribution in [0.4, 0.5) is 17.6 Å². The van der Waals surface area contributed by atoms with Crippen LogP contribution in [0.3, 0.4) is 0 Å². The molecule has 4 rings (SSSR count). The van der Waals surface area contributed by atoms with Crippen LogP contribution in [0.15, 0.2) is 71.3 Å². The molecule has 31 heavy (non-hydrogen) atoms. The monoisotopic (exact) mass is 428 g/mol. The predicted octanol–water partition coefficient (Wildman–Crippen LogP) is 5.93. The van der Waals surface area contributed by atoms with Crippen LogP contribution in [0.2, 0.25) is 0 Å². The van der Waals surface area contributed by atoms with Gasteiger partial charge in [-0.1, -0.05) is 24.3 Å². The molecule has 0 amide bonds. The van der Waals surface area contributed by atoms with Crippen molar-refractivity contribution in [2.45, 2.75) is 6.18 Å². The van der Waals surface area contributed by atoms with Crippen molar-refractivity contribution >= 4 is 5.97 Å². The van der Waals surface area contributed by atoms with Gasteiger partial charge in [-0.15, -0.1) is 0 Å². The average Bonchev–Trinajstić information content (AvgIpc) is 3.28. The number of hydrogen-bond acceptors (Lipinski definition) is 4. The van der Waals surface area contributed by atoms with Gasteiger partial charge in [-0.25, -0.2) is 19.2 Å². The second-order valence-electron chi connectivity index (χ2n) is 6.51. The third-order valence-electron chi connectivity index (χ3n) is 4.43. The van der Waals surface area contributed by atoms with E-state index in [-0.39, 0.29) is 34.0 Å². The van der Waals surface area contributed by atoms with Crippen LogP contribution in [0, 0.1) is 5.82 Å². The number of carboxylic acid groups (broad SMARTS) is 1. The molecule has 2 aromatic heterocycles. The van der Waals surface area contributed by atoms with E-state index in [4.69, 9.17) is 4.42 Å². The van der Waals surface area contributed by atoms with E-state index in [1.54, 1.807) is 6.07 Å². The molecule has 0 aliphatic carbocycles. The normalized spacial score (nSPS) is 11.5. The number of nitrogens with zero attached hydrogens (tertiary/aromatic N) is 2. The first-order valence-electron chi connectivity index (χ1n) is 8.86. The molecule has 0 spiro atoms. The molecule has 0 saturated heterocycles. The first kappa shape index (κ1) is 20.3. The zero-order valence-corrected chi connectivity index (χ0v) is 15.5. The van der Waals surface area contributed by atoms with Crippen LogP contribution in [0.25, 0.3) is 34.0 Å². The van der Waals surface area contributed by atoms with Gasteiger partial charge in [-0.05, 0) is 47.5 Å². The minimum atomic E-state index is -4.72. The molecule has 5 nitrogen and oxygen atoms in total. The summed E-state index contributed by atoms with van der Waals surface area (Å²) in [7, 11) is 0. The molecule has 0 radical (unpaired) electrons. The molecular formula is C22H12F4N2O3. The molecule has 0 saturated carbocycles. The number of benzene rings is 2. The summed E-state index contributed by atoms with van der Waals surface area (Å²) < 4.78 is 58.9. The molecule has 0 aliphatic rings. The van der Waals surface area contributed by atoms with E-state index in [9.17, 15) is 27.5 Å². The lowest BCUT2D eigenvalue weighted by Crippen LogP contribution is -2.10. The SMILES string of the molecule is O=C(O)c1cc(F)ccc1-c1cccc(-c2nc(-c3ccco3)cc(C(F)(F)F)n2)c1. The lowest BCUT2D eigenvalue weighted by atomic mass is 9.97. The molecule has 9 heteroatoms. The van der Waals surface area contributed by atoms with Crippen molar-refractivity contribution in [2.24, 2.45) is 0 Å². The van der Waals surface area contributed by atoms with E-state index < -0.39 is 23.7 Å². The topological polar surface area (TPSA) is 76.2 Å². The maximum atomic E-state index is 13.5. The van der Waals surface area contributed by atoms with Crippen molar-refractivity contribution in [3.8, 4) is 34.0 Å². The first-order valence-corrected chi connectivity index (χ1v) is 8.86. The van der Waals surface area contributed by atoms with Crippen molar-refractivity contribution < 1.29 is 31.9 Å². The van der Waals surface area contributed by atoms with Crippen LogP contribution in [-0.2, 0) is 6.18 Å². The fourth-order valence-electron chi connectivity index (χ4n) is 3.04. The molecule has 1 N–H and O–H groups in total. The zero-order chi connectivity index (χ0) is 22.2. The summed E-state index contributed by atoms with van der Waals surface area (Å²) in [6, 6.07) is 13.1. The number of aromatic carboxylic acids is 1. The van der Waals surface area contributed by atoms with Crippen molar-refractivity contribution in [1.29, 1.82) is 0 Å². The number of aromatic nitrogens is 2. The van der Waals surface area contributed by atoms with Gasteiger partial charge in [-0.3, -0.25) is 0 Å². The molecule has 0 unspecified atom stereocenters. The van der Waals surface area contributed by atoms with Gasteiger partial charge in [0.1, 0.15) is 17.2 Å². The highest BCUT2D eigenvalue weighted by atomic mass is 19.4. The van der Waals surface area contributed by atoms with Gasteiger partial charge in [0.25, 0.3) is 0 Å². The number of hydrogen-bond donors (Lipinski definition) is 1. The van der Waals surface area contributed by atoms with Gasteiger partial charge in [-0.2, -0.15) is 13.2 Å². The average molecular weight is 428 g/mol. The summed E-state index contributed by atoms with van der Waals surface area (Å²) >= 11 is 0. The van der Waals surface area contributed by atoms with Crippen molar-refractivity contribution in [1.82, 2.24) is 9.97 Å². The molecule has 0 aliphatic heterocycles. The third kappa shape index (κ3) is 4.16. The number of alkyl halides is 3. The number of carboxylic acids is 1. The van der Waals surface area contributed by atoms with E-state index in [1.807, 2.05) is 0 Å². The molecular weight excluding hydrogens is 416 g/mol. The van der Waals surface area contributed by atoms with Crippen molar-refractivity contribution in [3.05, 3.63) is 84.0 Å². The van der Waals surface area contributed by atoms with Crippen LogP contribution < -0.4 is 0 Å². The Hall–Kier alpha value is -4.01. The van der Waals surface area contributed by atoms with Gasteiger partial charge in [0.05, 0.1) is 11.8 Å². The Morgan fingerprint density at radius 3 is 2.39 bits per heavy atom. The second kappa shape index (κ2) is 7.67. The number of rotatable bonds is 4.